The molecule has 0 aromatic rings. The minimum absolute atomic E-state index is 1.22. The molecule has 0 N–H and O–H groups in total. The Balaban J connectivity index is 3.33. The van der Waals surface area contributed by atoms with Gasteiger partial charge >= 0.3 is 0 Å². The molecule has 0 aliphatic heterocycles. The van der Waals surface area contributed by atoms with Gasteiger partial charge in [-0.1, -0.05) is 35.1 Å². The lowest BCUT2D eigenvalue weighted by atomic mass is 10.4. The lowest BCUT2D eigenvalue weighted by Crippen LogP contribution is -2.23. The van der Waals surface area contributed by atoms with E-state index in [1.54, 1.807) is 7.11 Å². The van der Waals surface area contributed by atoms with Crippen LogP contribution in [0.25, 0.3) is 0 Å². The van der Waals surface area contributed by atoms with Crippen LogP contribution in [0.4, 0.5) is 0 Å². The molecule has 3 heteroatoms. The first-order valence-corrected chi connectivity index (χ1v) is 8.23. The van der Waals surface area contributed by atoms with Gasteiger partial charge in [-0.15, -0.1) is 0 Å². The summed E-state index contributed by atoms with van der Waals surface area (Å²) in [6.45, 7) is 3.00. The average molecular weight is 211 g/mol. The van der Waals surface area contributed by atoms with Gasteiger partial charge in [-0.05, 0) is 12.6 Å². The first-order valence-electron chi connectivity index (χ1n) is 3.36. The molecule has 0 aliphatic rings. The number of rotatable bonds is 4. The summed E-state index contributed by atoms with van der Waals surface area (Å²) in [7, 11) is 1.79. The second kappa shape index (κ2) is 4.47. The molecule has 0 fully saturated rings. The van der Waals surface area contributed by atoms with E-state index >= 15 is 0 Å². The third kappa shape index (κ3) is 5.12. The fourth-order valence-corrected chi connectivity index (χ4v) is 2.62. The zero-order valence-corrected chi connectivity index (χ0v) is 8.99. The highest BCUT2D eigenvalue weighted by atomic mass is 79.9. The van der Waals surface area contributed by atoms with Gasteiger partial charge in [0.25, 0.3) is 6.94 Å². The lowest BCUT2D eigenvalue weighted by molar-refractivity contribution is 0.417. The van der Waals surface area contributed by atoms with Crippen molar-refractivity contribution in [2.75, 3.05) is 7.11 Å². The smallest absolute Gasteiger partial charge is 0.260 e. The van der Waals surface area contributed by atoms with E-state index in [-0.39, 0.29) is 0 Å². The maximum atomic E-state index is 5.30. The van der Waals surface area contributed by atoms with Crippen molar-refractivity contribution in [1.29, 1.82) is 0 Å². The van der Waals surface area contributed by atoms with E-state index in [9.17, 15) is 0 Å². The second-order valence-corrected chi connectivity index (χ2v) is 10.6. The molecule has 0 rings (SSSR count). The van der Waals surface area contributed by atoms with E-state index in [1.807, 2.05) is 0 Å². The molecule has 0 aromatic carbocycles. The molecule has 0 bridgehead atoms. The fraction of sp³-hybridized carbons (Fsp3) is 1.00. The second-order valence-electron chi connectivity index (χ2n) is 2.41. The van der Waals surface area contributed by atoms with Crippen LogP contribution in [0, 0.1) is 0 Å². The highest BCUT2D eigenvalue weighted by Crippen LogP contribution is 2.20. The van der Waals surface area contributed by atoms with Gasteiger partial charge in [0.15, 0.2) is 0 Å². The van der Waals surface area contributed by atoms with E-state index in [0.29, 0.717) is 0 Å². The highest BCUT2D eigenvalue weighted by molar-refractivity contribution is 9.25. The monoisotopic (exact) mass is 210 g/mol. The van der Waals surface area contributed by atoms with Gasteiger partial charge in [0, 0.05) is 7.11 Å². The van der Waals surface area contributed by atoms with Gasteiger partial charge in [-0.3, -0.25) is 0 Å². The van der Waals surface area contributed by atoms with E-state index in [0.717, 1.165) is 0 Å². The van der Waals surface area contributed by atoms with Crippen LogP contribution in [0.2, 0.25) is 12.6 Å². The van der Waals surface area contributed by atoms with Crippen LogP contribution in [-0.4, -0.2) is 14.0 Å². The number of unbranched alkanes of at least 4 members (excludes halogenated alkanes) is 1. The van der Waals surface area contributed by atoms with Crippen molar-refractivity contribution in [3.63, 3.8) is 0 Å². The Morgan fingerprint density at radius 2 is 2.11 bits per heavy atom. The molecule has 56 valence electrons. The third-order valence-corrected chi connectivity index (χ3v) is 5.66. The Bertz CT molecular complexity index is 75.5. The van der Waals surface area contributed by atoms with Crippen molar-refractivity contribution in [2.45, 2.75) is 32.4 Å². The third-order valence-electron chi connectivity index (χ3n) is 1.40. The first kappa shape index (κ1) is 9.66. The Morgan fingerprint density at radius 1 is 1.56 bits per heavy atom. The Labute approximate surface area is 66.5 Å². The molecule has 1 atom stereocenters. The molecule has 0 amide bonds. The maximum Gasteiger partial charge on any atom is 0.260 e. The van der Waals surface area contributed by atoms with Gasteiger partial charge in [0.1, 0.15) is 0 Å². The summed E-state index contributed by atoms with van der Waals surface area (Å²) in [5.41, 5.74) is 0. The van der Waals surface area contributed by atoms with Crippen molar-refractivity contribution in [1.82, 2.24) is 0 Å². The van der Waals surface area contributed by atoms with Crippen molar-refractivity contribution in [3.8, 4) is 0 Å². The Kier molecular flexibility index (Phi) is 4.80. The largest absolute Gasteiger partial charge is 0.410 e. The molecular formula is C6H15BrOSi. The van der Waals surface area contributed by atoms with Crippen LogP contribution in [0.5, 0.6) is 0 Å². The number of hydrogen-bond donors (Lipinski definition) is 0. The fourth-order valence-electron chi connectivity index (χ4n) is 0.595. The molecule has 0 aromatic heterocycles. The average Bonchev–Trinajstić information content (AvgIpc) is 1.84. The number of halogens is 1. The summed E-state index contributed by atoms with van der Waals surface area (Å²) >= 11 is 3.60. The maximum absolute atomic E-state index is 5.30. The van der Waals surface area contributed by atoms with Crippen molar-refractivity contribution < 1.29 is 4.43 Å². The Hall–Kier alpha value is 0.657. The minimum Gasteiger partial charge on any atom is -0.410 e. The molecule has 0 spiro atoms. The van der Waals surface area contributed by atoms with Crippen molar-refractivity contribution in [3.05, 3.63) is 0 Å². The predicted octanol–water partition coefficient (Wildman–Crippen LogP) is 2.90. The zero-order valence-electron chi connectivity index (χ0n) is 6.41. The van der Waals surface area contributed by atoms with Crippen LogP contribution in [-0.2, 0) is 4.43 Å². The molecule has 0 aliphatic carbocycles. The van der Waals surface area contributed by atoms with E-state index < -0.39 is 6.94 Å². The van der Waals surface area contributed by atoms with Gasteiger partial charge < -0.3 is 4.43 Å². The van der Waals surface area contributed by atoms with Gasteiger partial charge in [0.05, 0.1) is 0 Å². The van der Waals surface area contributed by atoms with Crippen molar-refractivity contribution in [2.24, 2.45) is 0 Å². The zero-order chi connectivity index (χ0) is 7.33. The van der Waals surface area contributed by atoms with Crippen LogP contribution in [0.1, 0.15) is 19.8 Å². The SMILES string of the molecule is CCCC[Si](C)(Br)OC. The number of hydrogen-bond acceptors (Lipinski definition) is 1. The molecule has 0 radical (unpaired) electrons. The minimum atomic E-state index is -1.39. The highest BCUT2D eigenvalue weighted by Gasteiger charge is 2.21. The van der Waals surface area contributed by atoms with Gasteiger partial charge in [-0.2, -0.15) is 0 Å². The molecule has 1 unspecified atom stereocenters. The standard InChI is InChI=1S/C6H15BrOSi/c1-4-5-6-9(3,7)8-2/h4-6H2,1-3H3. The summed E-state index contributed by atoms with van der Waals surface area (Å²) in [5.74, 6) is 0. The molecule has 0 heterocycles. The molecule has 9 heavy (non-hydrogen) atoms. The van der Waals surface area contributed by atoms with Gasteiger partial charge in [0.2, 0.25) is 0 Å². The summed E-state index contributed by atoms with van der Waals surface area (Å²) in [5, 5.41) is 0. The molecule has 0 saturated heterocycles. The normalized spacial score (nSPS) is 17.3. The molecule has 0 saturated carbocycles. The van der Waals surface area contributed by atoms with E-state index in [4.69, 9.17) is 4.43 Å². The topological polar surface area (TPSA) is 9.23 Å². The summed E-state index contributed by atoms with van der Waals surface area (Å²) < 4.78 is 5.30. The summed E-state index contributed by atoms with van der Waals surface area (Å²) in [6.07, 6.45) is 2.54. The first-order chi connectivity index (χ1) is 4.12. The van der Waals surface area contributed by atoms with E-state index in [2.05, 4.69) is 28.8 Å². The van der Waals surface area contributed by atoms with Crippen LogP contribution in [0.3, 0.4) is 0 Å². The lowest BCUT2D eigenvalue weighted by Gasteiger charge is -2.16. The molecule has 1 nitrogen and oxygen atoms in total. The van der Waals surface area contributed by atoms with Crippen LogP contribution < -0.4 is 0 Å². The summed E-state index contributed by atoms with van der Waals surface area (Å²) in [6, 6.07) is 1.22. The summed E-state index contributed by atoms with van der Waals surface area (Å²) in [4.78, 5) is 0. The quantitative estimate of drug-likeness (QED) is 0.513. The van der Waals surface area contributed by atoms with Gasteiger partial charge in [-0.25, -0.2) is 0 Å². The molecular weight excluding hydrogens is 196 g/mol. The predicted molar refractivity (Wildman–Crippen MR) is 47.3 cm³/mol. The van der Waals surface area contributed by atoms with Crippen LogP contribution in [0.15, 0.2) is 0 Å². The van der Waals surface area contributed by atoms with E-state index in [1.165, 1.54) is 18.9 Å². The van der Waals surface area contributed by atoms with Crippen LogP contribution >= 0.6 is 15.3 Å². The van der Waals surface area contributed by atoms with Crippen molar-refractivity contribution >= 4 is 22.2 Å². The Morgan fingerprint density at radius 3 is 2.44 bits per heavy atom.